The maximum Gasteiger partial charge on any atom is 0.102 e. The van der Waals surface area contributed by atoms with Crippen LogP contribution in [0.5, 0.6) is 0 Å². The predicted molar refractivity (Wildman–Crippen MR) is 127 cm³/mol. The van der Waals surface area contributed by atoms with Crippen molar-refractivity contribution in [1.82, 2.24) is 0 Å². The summed E-state index contributed by atoms with van der Waals surface area (Å²) < 4.78 is 11.9. The maximum absolute atomic E-state index is 8.87. The molecule has 0 spiro atoms. The van der Waals surface area contributed by atoms with Gasteiger partial charge in [0.15, 0.2) is 0 Å². The third-order valence-corrected chi connectivity index (χ3v) is 6.07. The van der Waals surface area contributed by atoms with Crippen LogP contribution in [0, 0.1) is 0 Å². The van der Waals surface area contributed by atoms with Gasteiger partial charge in [0.2, 0.25) is 0 Å². The Kier molecular flexibility index (Phi) is 23.3. The van der Waals surface area contributed by atoms with E-state index in [1.165, 1.54) is 89.9 Å². The number of unbranched alkanes of at least 4 members (excludes halogenated alkanes) is 13. The number of rotatable bonds is 25. The molecular weight excluding hydrogens is 378 g/mol. The summed E-state index contributed by atoms with van der Waals surface area (Å²) in [4.78, 5) is 0. The summed E-state index contributed by atoms with van der Waals surface area (Å²) in [7, 11) is 2.27. The van der Waals surface area contributed by atoms with Gasteiger partial charge in [-0.1, -0.05) is 84.0 Å². The molecule has 0 atom stereocenters. The molecule has 0 aliphatic rings. The molecule has 5 nitrogen and oxygen atoms in total. The maximum atomic E-state index is 8.87. The first-order chi connectivity index (χ1) is 14.7. The lowest BCUT2D eigenvalue weighted by Gasteiger charge is -2.34. The second kappa shape index (κ2) is 23.5. The summed E-state index contributed by atoms with van der Waals surface area (Å²) >= 11 is 0. The van der Waals surface area contributed by atoms with Gasteiger partial charge in [-0.15, -0.1) is 0 Å². The Labute approximate surface area is 187 Å². The van der Waals surface area contributed by atoms with Gasteiger partial charge in [-0.2, -0.15) is 0 Å². The molecule has 0 fully saturated rings. The molecule has 0 aliphatic carbocycles. The first-order valence-corrected chi connectivity index (χ1v) is 12.9. The highest BCUT2D eigenvalue weighted by Gasteiger charge is 2.20. The highest BCUT2D eigenvalue weighted by Crippen LogP contribution is 2.14. The molecule has 2 N–H and O–H groups in total. The highest BCUT2D eigenvalue weighted by molar-refractivity contribution is 4.50. The van der Waals surface area contributed by atoms with E-state index in [1.807, 2.05) is 0 Å². The second-order valence-electron chi connectivity index (χ2n) is 9.06. The fourth-order valence-electron chi connectivity index (χ4n) is 3.93. The van der Waals surface area contributed by atoms with Crippen LogP contribution in [0.3, 0.4) is 0 Å². The van der Waals surface area contributed by atoms with Gasteiger partial charge in [-0.25, -0.2) is 0 Å². The van der Waals surface area contributed by atoms with Crippen molar-refractivity contribution in [3.63, 3.8) is 0 Å². The zero-order valence-corrected chi connectivity index (χ0v) is 20.4. The molecule has 0 aromatic rings. The smallest absolute Gasteiger partial charge is 0.102 e. The van der Waals surface area contributed by atoms with Crippen LogP contribution in [0.25, 0.3) is 0 Å². The van der Waals surface area contributed by atoms with E-state index < -0.39 is 0 Å². The Bertz CT molecular complexity index is 316. The van der Waals surface area contributed by atoms with Gasteiger partial charge in [0.25, 0.3) is 0 Å². The summed E-state index contributed by atoms with van der Waals surface area (Å²) in [6.45, 7) is 7.67. The molecule has 0 bridgehead atoms. The Morgan fingerprint density at radius 3 is 1.23 bits per heavy atom. The molecule has 0 unspecified atom stereocenters. The van der Waals surface area contributed by atoms with E-state index in [0.717, 1.165) is 24.1 Å². The van der Waals surface area contributed by atoms with Crippen molar-refractivity contribution >= 4 is 0 Å². The number of quaternary nitrogens is 1. The first kappa shape index (κ1) is 29.8. The van der Waals surface area contributed by atoms with Crippen molar-refractivity contribution in [3.05, 3.63) is 0 Å². The lowest BCUT2D eigenvalue weighted by molar-refractivity contribution is -0.910. The fraction of sp³-hybridized carbons (Fsp3) is 1.00. The average Bonchev–Trinajstić information content (AvgIpc) is 2.75. The van der Waals surface area contributed by atoms with Crippen LogP contribution in [0.15, 0.2) is 0 Å². The Hall–Kier alpha value is -0.200. The molecule has 0 saturated carbocycles. The molecule has 0 aromatic carbocycles. The number of aliphatic hydroxyl groups is 2. The molecule has 0 heterocycles. The normalized spacial score (nSPS) is 12.0. The van der Waals surface area contributed by atoms with Gasteiger partial charge in [0.05, 0.1) is 53.2 Å². The van der Waals surface area contributed by atoms with E-state index in [-0.39, 0.29) is 13.2 Å². The molecule has 0 radical (unpaired) electrons. The summed E-state index contributed by atoms with van der Waals surface area (Å²) in [5.74, 6) is 0. The summed E-state index contributed by atoms with van der Waals surface area (Å²) in [6.07, 6.45) is 19.4. The van der Waals surface area contributed by atoms with Crippen LogP contribution in [-0.2, 0) is 9.47 Å². The number of hydrogen-bond acceptors (Lipinski definition) is 4. The average molecular weight is 433 g/mol. The molecule has 0 saturated heterocycles. The van der Waals surface area contributed by atoms with Crippen molar-refractivity contribution in [3.8, 4) is 0 Å². The number of ether oxygens (including phenoxy) is 2. The van der Waals surface area contributed by atoms with Crippen molar-refractivity contribution in [2.24, 2.45) is 0 Å². The van der Waals surface area contributed by atoms with Gasteiger partial charge in [-0.05, 0) is 12.8 Å². The molecule has 0 aromatic heterocycles. The molecule has 0 aliphatic heterocycles. The van der Waals surface area contributed by atoms with Crippen molar-refractivity contribution in [2.75, 3.05) is 66.3 Å². The highest BCUT2D eigenvalue weighted by atomic mass is 16.5. The van der Waals surface area contributed by atoms with Crippen LogP contribution >= 0.6 is 0 Å². The lowest BCUT2D eigenvalue weighted by Crippen LogP contribution is -2.49. The summed E-state index contributed by atoms with van der Waals surface area (Å²) in [5, 5.41) is 17.7. The zero-order chi connectivity index (χ0) is 22.2. The van der Waals surface area contributed by atoms with Gasteiger partial charge >= 0.3 is 0 Å². The molecule has 30 heavy (non-hydrogen) atoms. The Morgan fingerprint density at radius 1 is 0.500 bits per heavy atom. The van der Waals surface area contributed by atoms with Crippen LogP contribution in [0.2, 0.25) is 0 Å². The Balaban J connectivity index is 3.68. The van der Waals surface area contributed by atoms with Crippen LogP contribution in [0.1, 0.15) is 96.8 Å². The molecule has 0 amide bonds. The van der Waals surface area contributed by atoms with E-state index in [4.69, 9.17) is 19.7 Å². The fourth-order valence-corrected chi connectivity index (χ4v) is 3.93. The largest absolute Gasteiger partial charge is 0.394 e. The SMILES string of the molecule is CCCCCCCCCCCCCCCC[N+](C)(CCOCCO)CCOCCO. The lowest BCUT2D eigenvalue weighted by atomic mass is 10.0. The van der Waals surface area contributed by atoms with Crippen LogP contribution in [0.4, 0.5) is 0 Å². The molecule has 182 valence electrons. The molecule has 0 rings (SSSR count). The first-order valence-electron chi connectivity index (χ1n) is 12.9. The molecular formula is C25H54NO4+. The Morgan fingerprint density at radius 2 is 0.867 bits per heavy atom. The minimum Gasteiger partial charge on any atom is -0.394 e. The van der Waals surface area contributed by atoms with Crippen LogP contribution in [-0.4, -0.2) is 81.0 Å². The van der Waals surface area contributed by atoms with E-state index in [0.29, 0.717) is 26.4 Å². The minimum atomic E-state index is 0.0856. The molecule has 5 heteroatoms. The number of aliphatic hydroxyl groups excluding tert-OH is 2. The van der Waals surface area contributed by atoms with Gasteiger partial charge < -0.3 is 24.2 Å². The number of likely N-dealkylation sites (N-methyl/N-ethyl adjacent to an activating group) is 1. The third kappa shape index (κ3) is 21.0. The zero-order valence-electron chi connectivity index (χ0n) is 20.4. The topological polar surface area (TPSA) is 58.9 Å². The van der Waals surface area contributed by atoms with Crippen LogP contribution < -0.4 is 0 Å². The van der Waals surface area contributed by atoms with Crippen molar-refractivity contribution < 1.29 is 24.2 Å². The minimum absolute atomic E-state index is 0.0856. The predicted octanol–water partition coefficient (Wildman–Crippen LogP) is 4.93. The standard InChI is InChI=1S/C25H54NO4/c1-3-4-5-6-7-8-9-10-11-12-13-14-15-16-17-26(2,18-22-29-24-20-27)19-23-30-25-21-28/h27-28H,3-25H2,1-2H3/q+1. The van der Waals surface area contributed by atoms with Gasteiger partial charge in [0, 0.05) is 0 Å². The van der Waals surface area contributed by atoms with E-state index >= 15 is 0 Å². The second-order valence-corrected chi connectivity index (χ2v) is 9.06. The van der Waals surface area contributed by atoms with Crippen molar-refractivity contribution in [2.45, 2.75) is 96.8 Å². The summed E-state index contributed by atoms with van der Waals surface area (Å²) in [6, 6.07) is 0. The third-order valence-electron chi connectivity index (χ3n) is 6.07. The number of nitrogens with zero attached hydrogens (tertiary/aromatic N) is 1. The van der Waals surface area contributed by atoms with E-state index in [9.17, 15) is 0 Å². The van der Waals surface area contributed by atoms with E-state index in [2.05, 4.69) is 14.0 Å². The van der Waals surface area contributed by atoms with Crippen molar-refractivity contribution in [1.29, 1.82) is 0 Å². The number of hydrogen-bond donors (Lipinski definition) is 2. The van der Waals surface area contributed by atoms with Gasteiger partial charge in [-0.3, -0.25) is 0 Å². The monoisotopic (exact) mass is 432 g/mol. The summed E-state index contributed by atoms with van der Waals surface area (Å²) in [5.41, 5.74) is 0. The quantitative estimate of drug-likeness (QED) is 0.159. The van der Waals surface area contributed by atoms with Gasteiger partial charge in [0.1, 0.15) is 13.1 Å². The van der Waals surface area contributed by atoms with E-state index in [1.54, 1.807) is 0 Å².